The minimum absolute atomic E-state index is 0.176. The molecule has 0 unspecified atom stereocenters. The molecule has 1 fully saturated rings. The van der Waals surface area contributed by atoms with E-state index in [2.05, 4.69) is 5.32 Å². The Bertz CT molecular complexity index is 969. The van der Waals surface area contributed by atoms with Crippen molar-refractivity contribution in [3.63, 3.8) is 0 Å². The van der Waals surface area contributed by atoms with E-state index < -0.39 is 21.8 Å². The van der Waals surface area contributed by atoms with E-state index >= 15 is 0 Å². The molecule has 1 atom stereocenters. The highest BCUT2D eigenvalue weighted by Gasteiger charge is 2.34. The molecule has 2 amide bonds. The zero-order valence-electron chi connectivity index (χ0n) is 14.2. The number of nitrogens with zero attached hydrogens (tertiary/aromatic N) is 1. The van der Waals surface area contributed by atoms with Gasteiger partial charge in [0, 0.05) is 11.0 Å². The first-order chi connectivity index (χ1) is 12.8. The smallest absolute Gasteiger partial charge is 0.266 e. The summed E-state index contributed by atoms with van der Waals surface area (Å²) in [5.74, 6) is -0.405. The molecule has 1 aromatic carbocycles. The summed E-state index contributed by atoms with van der Waals surface area (Å²) in [5.41, 5.74) is 0.728. The molecule has 0 aromatic heterocycles. The van der Waals surface area contributed by atoms with Gasteiger partial charge in [0.15, 0.2) is 9.84 Å². The van der Waals surface area contributed by atoms with E-state index in [9.17, 15) is 18.0 Å². The number of thiocarbonyl (C=S) groups is 1. The first kappa shape index (κ1) is 19.6. The van der Waals surface area contributed by atoms with Crippen LogP contribution in [0.4, 0.5) is 0 Å². The number of thioether (sulfide) groups is 1. The molecule has 27 heavy (non-hydrogen) atoms. The molecule has 1 saturated heterocycles. The fourth-order valence-electron chi connectivity index (χ4n) is 2.62. The lowest BCUT2D eigenvalue weighted by Gasteiger charge is -2.16. The van der Waals surface area contributed by atoms with Crippen LogP contribution in [0.15, 0.2) is 40.7 Å². The maximum absolute atomic E-state index is 12.6. The molecule has 7 nitrogen and oxygen atoms in total. The lowest BCUT2D eigenvalue weighted by atomic mass is 10.2. The van der Waals surface area contributed by atoms with Crippen molar-refractivity contribution in [1.29, 1.82) is 0 Å². The minimum Gasteiger partial charge on any atom is -0.496 e. The van der Waals surface area contributed by atoms with Crippen molar-refractivity contribution in [2.75, 3.05) is 19.4 Å². The standard InChI is InChI=1S/C17H16N2O5S3/c1-24-13-5-3-2-4-11(13)8-14-16(21)19(17(25)26-14)9-15(20)18-12-6-7-27(22,23)10-12/h2-8,12H,9-10H2,1H3,(H,18,20)/b14-8-/t12-/m1/s1. The maximum atomic E-state index is 12.6. The number of rotatable bonds is 5. The second-order valence-corrected chi connectivity index (χ2v) is 9.45. The van der Waals surface area contributed by atoms with Crippen molar-refractivity contribution in [1.82, 2.24) is 10.2 Å². The van der Waals surface area contributed by atoms with E-state index in [4.69, 9.17) is 17.0 Å². The van der Waals surface area contributed by atoms with E-state index in [1.165, 1.54) is 11.0 Å². The number of hydrogen-bond donors (Lipinski definition) is 1. The summed E-state index contributed by atoms with van der Waals surface area (Å²) >= 11 is 6.32. The molecule has 3 rings (SSSR count). The number of hydrogen-bond acceptors (Lipinski definition) is 7. The van der Waals surface area contributed by atoms with Gasteiger partial charge in [-0.05, 0) is 18.2 Å². The van der Waals surface area contributed by atoms with E-state index in [-0.39, 0.29) is 22.5 Å². The summed E-state index contributed by atoms with van der Waals surface area (Å²) in [6.07, 6.45) is 3.08. The van der Waals surface area contributed by atoms with Gasteiger partial charge in [0.05, 0.1) is 23.8 Å². The average Bonchev–Trinajstić information content (AvgIpc) is 3.08. The minimum atomic E-state index is -3.27. The highest BCUT2D eigenvalue weighted by molar-refractivity contribution is 8.26. The lowest BCUT2D eigenvalue weighted by molar-refractivity contribution is -0.128. The second kappa shape index (κ2) is 7.83. The molecule has 142 valence electrons. The Hall–Kier alpha value is -2.17. The summed E-state index contributed by atoms with van der Waals surface area (Å²) in [5, 5.41) is 3.66. The van der Waals surface area contributed by atoms with Crippen molar-refractivity contribution in [3.8, 4) is 5.75 Å². The molecule has 0 saturated carbocycles. The average molecular weight is 425 g/mol. The molecule has 0 bridgehead atoms. The van der Waals surface area contributed by atoms with Gasteiger partial charge >= 0.3 is 0 Å². The fraction of sp³-hybridized carbons (Fsp3) is 0.235. The third kappa shape index (κ3) is 4.57. The number of ether oxygens (including phenoxy) is 1. The fourth-order valence-corrected chi connectivity index (χ4v) is 5.11. The number of carbonyl (C=O) groups excluding carboxylic acids is 2. The van der Waals surface area contributed by atoms with Gasteiger partial charge in [0.25, 0.3) is 5.91 Å². The number of carbonyl (C=O) groups is 2. The molecular formula is C17H16N2O5S3. The Labute approximate surface area is 166 Å². The van der Waals surface area contributed by atoms with Crippen molar-refractivity contribution in [2.45, 2.75) is 6.04 Å². The number of sulfone groups is 1. The predicted octanol–water partition coefficient (Wildman–Crippen LogP) is 1.32. The van der Waals surface area contributed by atoms with E-state index in [1.54, 1.807) is 19.3 Å². The maximum Gasteiger partial charge on any atom is 0.266 e. The topological polar surface area (TPSA) is 92.8 Å². The summed E-state index contributed by atoms with van der Waals surface area (Å²) in [6.45, 7) is -0.266. The van der Waals surface area contributed by atoms with Gasteiger partial charge in [-0.15, -0.1) is 0 Å². The van der Waals surface area contributed by atoms with Crippen LogP contribution in [-0.2, 0) is 19.4 Å². The Kier molecular flexibility index (Phi) is 5.68. The molecule has 1 aromatic rings. The molecule has 1 N–H and O–H groups in total. The summed E-state index contributed by atoms with van der Waals surface area (Å²) in [4.78, 5) is 26.4. The van der Waals surface area contributed by atoms with Gasteiger partial charge < -0.3 is 10.1 Å². The molecular weight excluding hydrogens is 408 g/mol. The van der Waals surface area contributed by atoms with E-state index in [1.807, 2.05) is 18.2 Å². The van der Waals surface area contributed by atoms with E-state index in [0.717, 1.165) is 22.7 Å². The molecule has 0 aliphatic carbocycles. The van der Waals surface area contributed by atoms with Gasteiger partial charge in [-0.1, -0.05) is 42.2 Å². The summed E-state index contributed by atoms with van der Waals surface area (Å²) in [7, 11) is -1.73. The van der Waals surface area contributed by atoms with Crippen molar-refractivity contribution in [3.05, 3.63) is 46.2 Å². The van der Waals surface area contributed by atoms with Crippen LogP contribution in [-0.4, -0.2) is 54.9 Å². The summed E-state index contributed by atoms with van der Waals surface area (Å²) in [6, 6.07) is 6.65. The molecule has 0 spiro atoms. The van der Waals surface area contributed by atoms with Crippen molar-refractivity contribution < 1.29 is 22.7 Å². The zero-order valence-corrected chi connectivity index (χ0v) is 16.7. The Morgan fingerprint density at radius 2 is 2.19 bits per heavy atom. The third-order valence-corrected chi connectivity index (χ3v) is 6.65. The largest absolute Gasteiger partial charge is 0.496 e. The van der Waals surface area contributed by atoms with E-state index in [0.29, 0.717) is 10.7 Å². The number of nitrogens with one attached hydrogen (secondary N) is 1. The van der Waals surface area contributed by atoms with Crippen molar-refractivity contribution in [2.24, 2.45) is 0 Å². The highest BCUT2D eigenvalue weighted by atomic mass is 32.2. The number of methoxy groups -OCH3 is 1. The van der Waals surface area contributed by atoms with Crippen LogP contribution < -0.4 is 10.1 Å². The van der Waals surface area contributed by atoms with Crippen LogP contribution >= 0.6 is 24.0 Å². The molecule has 2 aliphatic heterocycles. The summed E-state index contributed by atoms with van der Waals surface area (Å²) < 4.78 is 28.3. The zero-order chi connectivity index (χ0) is 19.6. The Morgan fingerprint density at radius 1 is 1.44 bits per heavy atom. The number of para-hydroxylation sites is 1. The monoisotopic (exact) mass is 424 g/mol. The highest BCUT2D eigenvalue weighted by Crippen LogP contribution is 2.34. The van der Waals surface area contributed by atoms with Gasteiger partial charge in [-0.25, -0.2) is 8.42 Å². The Balaban J connectivity index is 1.68. The van der Waals surface area contributed by atoms with Gasteiger partial charge in [0.2, 0.25) is 5.91 Å². The van der Waals surface area contributed by atoms with Crippen LogP contribution in [0.25, 0.3) is 6.08 Å². The molecule has 0 radical (unpaired) electrons. The van der Waals surface area contributed by atoms with Crippen molar-refractivity contribution >= 4 is 56.0 Å². The molecule has 2 aliphatic rings. The normalized spacial score (nSPS) is 22.5. The number of amides is 2. The van der Waals surface area contributed by atoms with Gasteiger partial charge in [0.1, 0.15) is 16.6 Å². The first-order valence-corrected chi connectivity index (χ1v) is 10.8. The van der Waals surface area contributed by atoms with Crippen LogP contribution in [0.3, 0.4) is 0 Å². The van der Waals surface area contributed by atoms with Gasteiger partial charge in [-0.2, -0.15) is 0 Å². The third-order valence-electron chi connectivity index (χ3n) is 3.88. The van der Waals surface area contributed by atoms with Crippen LogP contribution in [0.2, 0.25) is 0 Å². The van der Waals surface area contributed by atoms with Crippen LogP contribution in [0, 0.1) is 0 Å². The lowest BCUT2D eigenvalue weighted by Crippen LogP contribution is -2.43. The number of benzene rings is 1. The SMILES string of the molecule is COc1ccccc1/C=C1\SC(=S)N(CC(=O)N[C@@H]2C=CS(=O)(=O)C2)C1=O. The quantitative estimate of drug-likeness (QED) is 0.563. The molecule has 2 heterocycles. The van der Waals surface area contributed by atoms with Crippen LogP contribution in [0.1, 0.15) is 5.56 Å². The second-order valence-electron chi connectivity index (χ2n) is 5.84. The van der Waals surface area contributed by atoms with Gasteiger partial charge in [-0.3, -0.25) is 14.5 Å². The molecule has 10 heteroatoms. The Morgan fingerprint density at radius 3 is 2.85 bits per heavy atom. The predicted molar refractivity (Wildman–Crippen MR) is 108 cm³/mol. The first-order valence-electron chi connectivity index (χ1n) is 7.88. The van der Waals surface area contributed by atoms with Crippen LogP contribution in [0.5, 0.6) is 5.75 Å².